The molecule has 0 amide bonds. The summed E-state index contributed by atoms with van der Waals surface area (Å²) in [5.74, 6) is 3.63. The number of nitrogens with zero attached hydrogens (tertiary/aromatic N) is 2. The average Bonchev–Trinajstić information content (AvgIpc) is 2.38. The van der Waals surface area contributed by atoms with Crippen molar-refractivity contribution in [2.45, 2.75) is 51.5 Å². The Morgan fingerprint density at radius 3 is 2.11 bits per heavy atom. The SMILES string of the molecule is CC/C(O)=C(\C#N)N(C)C1C2CC3CC(C2)CC1C3. The standard InChI is InChI=1S/C16H24N2O/c1-3-15(19)14(9-17)18(2)16-12-5-10-4-11(7-12)8-13(16)6-10/h10-13,16,19H,3-8H2,1-2H3/b15-14-. The van der Waals surface area contributed by atoms with E-state index in [1.54, 1.807) is 0 Å². The topological polar surface area (TPSA) is 47.3 Å². The molecule has 104 valence electrons. The van der Waals surface area contributed by atoms with Gasteiger partial charge in [0.25, 0.3) is 0 Å². The predicted molar refractivity (Wildman–Crippen MR) is 74.2 cm³/mol. The molecule has 0 saturated heterocycles. The number of aliphatic hydroxyl groups excluding tert-OH is 1. The molecule has 4 aliphatic rings. The number of hydrogen-bond acceptors (Lipinski definition) is 3. The molecule has 0 aliphatic heterocycles. The van der Waals surface area contributed by atoms with Crippen LogP contribution in [0.15, 0.2) is 11.5 Å². The average molecular weight is 260 g/mol. The second kappa shape index (κ2) is 4.74. The van der Waals surface area contributed by atoms with Crippen molar-refractivity contribution in [1.29, 1.82) is 5.26 Å². The van der Waals surface area contributed by atoms with Crippen molar-refractivity contribution in [1.82, 2.24) is 4.90 Å². The first-order chi connectivity index (χ1) is 9.13. The Bertz CT molecular complexity index is 407. The fraction of sp³-hybridized carbons (Fsp3) is 0.812. The molecule has 0 heterocycles. The van der Waals surface area contributed by atoms with Crippen LogP contribution in [-0.4, -0.2) is 23.1 Å². The second-order valence-corrected chi connectivity index (χ2v) is 6.79. The lowest BCUT2D eigenvalue weighted by molar-refractivity contribution is -0.0474. The summed E-state index contributed by atoms with van der Waals surface area (Å²) >= 11 is 0. The van der Waals surface area contributed by atoms with Crippen molar-refractivity contribution >= 4 is 0 Å². The maximum absolute atomic E-state index is 9.96. The summed E-state index contributed by atoms with van der Waals surface area (Å²) in [6.45, 7) is 1.90. The van der Waals surface area contributed by atoms with E-state index in [-0.39, 0.29) is 5.76 Å². The lowest BCUT2D eigenvalue weighted by atomic mass is 9.54. The van der Waals surface area contributed by atoms with E-state index in [1.807, 2.05) is 14.0 Å². The lowest BCUT2D eigenvalue weighted by Crippen LogP contribution is -2.54. The van der Waals surface area contributed by atoms with Gasteiger partial charge in [0.15, 0.2) is 5.70 Å². The highest BCUT2D eigenvalue weighted by atomic mass is 16.3. The zero-order valence-electron chi connectivity index (χ0n) is 12.0. The molecule has 3 nitrogen and oxygen atoms in total. The summed E-state index contributed by atoms with van der Waals surface area (Å²) in [6.07, 6.45) is 7.35. The first-order valence-electron chi connectivity index (χ1n) is 7.69. The molecular formula is C16H24N2O. The number of hydrogen-bond donors (Lipinski definition) is 1. The van der Waals surface area contributed by atoms with Gasteiger partial charge in [-0.15, -0.1) is 0 Å². The Labute approximate surface area is 115 Å². The summed E-state index contributed by atoms with van der Waals surface area (Å²) < 4.78 is 0. The second-order valence-electron chi connectivity index (χ2n) is 6.79. The van der Waals surface area contributed by atoms with Crippen molar-refractivity contribution in [3.05, 3.63) is 11.5 Å². The van der Waals surface area contributed by atoms with Gasteiger partial charge in [0, 0.05) is 19.5 Å². The number of aliphatic hydroxyl groups is 1. The molecule has 0 atom stereocenters. The number of allylic oxidation sites excluding steroid dienone is 2. The van der Waals surface area contributed by atoms with Gasteiger partial charge in [-0.05, 0) is 55.8 Å². The molecule has 4 aliphatic carbocycles. The van der Waals surface area contributed by atoms with E-state index in [9.17, 15) is 10.4 Å². The van der Waals surface area contributed by atoms with Crippen LogP contribution in [0, 0.1) is 35.0 Å². The molecule has 0 spiro atoms. The van der Waals surface area contributed by atoms with Crippen molar-refractivity contribution in [2.75, 3.05) is 7.05 Å². The largest absolute Gasteiger partial charge is 0.509 e. The molecule has 4 saturated carbocycles. The van der Waals surface area contributed by atoms with E-state index in [0.29, 0.717) is 18.2 Å². The molecular weight excluding hydrogens is 236 g/mol. The Morgan fingerprint density at radius 2 is 1.68 bits per heavy atom. The molecule has 4 fully saturated rings. The van der Waals surface area contributed by atoms with Gasteiger partial charge < -0.3 is 10.0 Å². The minimum Gasteiger partial charge on any atom is -0.509 e. The maximum atomic E-state index is 9.96. The zero-order chi connectivity index (χ0) is 13.6. The first-order valence-corrected chi connectivity index (χ1v) is 7.69. The van der Waals surface area contributed by atoms with Gasteiger partial charge >= 0.3 is 0 Å². The summed E-state index contributed by atoms with van der Waals surface area (Å²) in [7, 11) is 2.01. The van der Waals surface area contributed by atoms with E-state index in [4.69, 9.17) is 0 Å². The van der Waals surface area contributed by atoms with Gasteiger partial charge in [-0.2, -0.15) is 5.26 Å². The van der Waals surface area contributed by atoms with E-state index in [0.717, 1.165) is 23.7 Å². The Kier molecular flexibility index (Phi) is 3.20. The van der Waals surface area contributed by atoms with Crippen LogP contribution in [0.3, 0.4) is 0 Å². The summed E-state index contributed by atoms with van der Waals surface area (Å²) in [4.78, 5) is 2.10. The van der Waals surface area contributed by atoms with Gasteiger partial charge in [0.1, 0.15) is 11.8 Å². The predicted octanol–water partition coefficient (Wildman–Crippen LogP) is 3.45. The first kappa shape index (κ1) is 12.8. The summed E-state index contributed by atoms with van der Waals surface area (Å²) in [5, 5.41) is 19.3. The van der Waals surface area contributed by atoms with Gasteiger partial charge in [0.2, 0.25) is 0 Å². The molecule has 0 aromatic carbocycles. The molecule has 4 bridgehead atoms. The molecule has 0 radical (unpaired) electrons. The molecule has 4 rings (SSSR count). The van der Waals surface area contributed by atoms with Crippen molar-refractivity contribution < 1.29 is 5.11 Å². The lowest BCUT2D eigenvalue weighted by Gasteiger charge is -2.56. The quantitative estimate of drug-likeness (QED) is 0.624. The van der Waals surface area contributed by atoms with E-state index in [1.165, 1.54) is 32.1 Å². The van der Waals surface area contributed by atoms with Crippen LogP contribution < -0.4 is 0 Å². The maximum Gasteiger partial charge on any atom is 0.154 e. The number of nitriles is 1. The van der Waals surface area contributed by atoms with Crippen LogP contribution in [0.4, 0.5) is 0 Å². The Morgan fingerprint density at radius 1 is 1.16 bits per heavy atom. The van der Waals surface area contributed by atoms with Crippen LogP contribution in [-0.2, 0) is 0 Å². The van der Waals surface area contributed by atoms with Gasteiger partial charge in [-0.1, -0.05) is 6.92 Å². The Hall–Kier alpha value is -1.17. The highest BCUT2D eigenvalue weighted by Gasteiger charge is 2.50. The van der Waals surface area contributed by atoms with Crippen LogP contribution in [0.1, 0.15) is 45.4 Å². The fourth-order valence-electron chi connectivity index (χ4n) is 5.19. The van der Waals surface area contributed by atoms with Crippen LogP contribution >= 0.6 is 0 Å². The normalized spacial score (nSPS) is 40.8. The third-order valence-corrected chi connectivity index (χ3v) is 5.69. The van der Waals surface area contributed by atoms with E-state index < -0.39 is 0 Å². The minimum atomic E-state index is 0.249. The van der Waals surface area contributed by atoms with Gasteiger partial charge in [-0.3, -0.25) is 0 Å². The molecule has 19 heavy (non-hydrogen) atoms. The monoisotopic (exact) mass is 260 g/mol. The summed E-state index contributed by atoms with van der Waals surface area (Å²) in [6, 6.07) is 2.70. The Balaban J connectivity index is 1.84. The molecule has 0 aromatic rings. The molecule has 3 heteroatoms. The van der Waals surface area contributed by atoms with E-state index in [2.05, 4.69) is 11.0 Å². The summed E-state index contributed by atoms with van der Waals surface area (Å²) in [5.41, 5.74) is 0.500. The van der Waals surface area contributed by atoms with Crippen LogP contribution in [0.2, 0.25) is 0 Å². The highest BCUT2D eigenvalue weighted by molar-refractivity contribution is 5.24. The smallest absolute Gasteiger partial charge is 0.154 e. The van der Waals surface area contributed by atoms with E-state index >= 15 is 0 Å². The van der Waals surface area contributed by atoms with Gasteiger partial charge in [0.05, 0.1) is 0 Å². The zero-order valence-corrected chi connectivity index (χ0v) is 12.0. The van der Waals surface area contributed by atoms with Crippen molar-refractivity contribution in [3.63, 3.8) is 0 Å². The van der Waals surface area contributed by atoms with Crippen molar-refractivity contribution in [3.8, 4) is 6.07 Å². The third kappa shape index (κ3) is 2.02. The third-order valence-electron chi connectivity index (χ3n) is 5.69. The van der Waals surface area contributed by atoms with Crippen LogP contribution in [0.25, 0.3) is 0 Å². The fourth-order valence-corrected chi connectivity index (χ4v) is 5.19. The van der Waals surface area contributed by atoms with Gasteiger partial charge in [-0.25, -0.2) is 0 Å². The number of rotatable bonds is 3. The molecule has 0 aromatic heterocycles. The van der Waals surface area contributed by atoms with Crippen LogP contribution in [0.5, 0.6) is 0 Å². The highest BCUT2D eigenvalue weighted by Crippen LogP contribution is 2.55. The minimum absolute atomic E-state index is 0.249. The molecule has 1 N–H and O–H groups in total. The van der Waals surface area contributed by atoms with Crippen molar-refractivity contribution in [2.24, 2.45) is 23.7 Å². The molecule has 0 unspecified atom stereocenters.